The van der Waals surface area contributed by atoms with Gasteiger partial charge in [0.15, 0.2) is 12.7 Å². The van der Waals surface area contributed by atoms with Crippen LogP contribution in [0.25, 0.3) is 22.4 Å². The molecule has 3 aromatic rings. The van der Waals surface area contributed by atoms with Crippen LogP contribution >= 0.6 is 0 Å². The monoisotopic (exact) mass is 272 g/mol. The van der Waals surface area contributed by atoms with Crippen LogP contribution in [0.4, 0.5) is 0 Å². The first kappa shape index (κ1) is 12.3. The lowest BCUT2D eigenvalue weighted by molar-refractivity contribution is -0.672. The Labute approximate surface area is 125 Å². The largest absolute Gasteiger partial charge is 0.213 e. The SMILES string of the molecule is Cc1cc2[n+](cc1C)Cc1ccc(-c3ccccc3)cc1-2. The number of rotatable bonds is 1. The van der Waals surface area contributed by atoms with Crippen molar-refractivity contribution in [3.8, 4) is 22.4 Å². The van der Waals surface area contributed by atoms with Gasteiger partial charge in [-0.2, -0.15) is 4.57 Å². The molecule has 1 aliphatic rings. The Balaban J connectivity index is 1.88. The van der Waals surface area contributed by atoms with Gasteiger partial charge in [0.2, 0.25) is 5.69 Å². The van der Waals surface area contributed by atoms with Crippen LogP contribution in [-0.4, -0.2) is 0 Å². The molecule has 2 heterocycles. The normalized spacial score (nSPS) is 12.1. The van der Waals surface area contributed by atoms with Crippen LogP contribution in [0, 0.1) is 13.8 Å². The number of fused-ring (bicyclic) bond motifs is 3. The molecule has 1 aliphatic heterocycles. The number of hydrogen-bond donors (Lipinski definition) is 0. The van der Waals surface area contributed by atoms with Crippen molar-refractivity contribution in [3.63, 3.8) is 0 Å². The molecule has 0 fully saturated rings. The number of benzene rings is 2. The molecule has 1 nitrogen and oxygen atoms in total. The Morgan fingerprint density at radius 2 is 1.62 bits per heavy atom. The number of hydrogen-bond acceptors (Lipinski definition) is 0. The molecule has 1 aromatic heterocycles. The van der Waals surface area contributed by atoms with Crippen molar-refractivity contribution in [2.45, 2.75) is 20.4 Å². The third-order valence-corrected chi connectivity index (χ3v) is 4.47. The lowest BCUT2D eigenvalue weighted by Gasteiger charge is -2.03. The molecule has 0 spiro atoms. The van der Waals surface area contributed by atoms with Crippen LogP contribution in [-0.2, 0) is 6.54 Å². The predicted molar refractivity (Wildman–Crippen MR) is 86.1 cm³/mol. The van der Waals surface area contributed by atoms with E-state index in [1.54, 1.807) is 0 Å². The molecule has 0 atom stereocenters. The van der Waals surface area contributed by atoms with Gasteiger partial charge in [0, 0.05) is 17.2 Å². The zero-order valence-electron chi connectivity index (χ0n) is 12.4. The summed E-state index contributed by atoms with van der Waals surface area (Å²) < 4.78 is 2.36. The maximum Gasteiger partial charge on any atom is 0.213 e. The highest BCUT2D eigenvalue weighted by Crippen LogP contribution is 2.32. The van der Waals surface area contributed by atoms with Gasteiger partial charge in [-0.15, -0.1) is 0 Å². The van der Waals surface area contributed by atoms with Gasteiger partial charge in [0.25, 0.3) is 0 Å². The quantitative estimate of drug-likeness (QED) is 0.455. The highest BCUT2D eigenvalue weighted by molar-refractivity contribution is 5.74. The first-order chi connectivity index (χ1) is 10.2. The molecule has 0 unspecified atom stereocenters. The fourth-order valence-corrected chi connectivity index (χ4v) is 3.12. The van der Waals surface area contributed by atoms with Crippen LogP contribution in [0.15, 0.2) is 60.8 Å². The predicted octanol–water partition coefficient (Wildman–Crippen LogP) is 4.29. The van der Waals surface area contributed by atoms with Gasteiger partial charge in [-0.05, 0) is 36.6 Å². The molecule has 4 rings (SSSR count). The minimum Gasteiger partial charge on any atom is -0.194 e. The highest BCUT2D eigenvalue weighted by Gasteiger charge is 2.26. The maximum atomic E-state index is 2.36. The van der Waals surface area contributed by atoms with Crippen LogP contribution in [0.2, 0.25) is 0 Å². The van der Waals surface area contributed by atoms with E-state index in [0.717, 1.165) is 6.54 Å². The van der Waals surface area contributed by atoms with Crippen molar-refractivity contribution in [2.24, 2.45) is 0 Å². The minimum atomic E-state index is 0.987. The van der Waals surface area contributed by atoms with Crippen LogP contribution < -0.4 is 4.57 Å². The third kappa shape index (κ3) is 1.97. The summed E-state index contributed by atoms with van der Waals surface area (Å²) in [5, 5.41) is 0. The van der Waals surface area contributed by atoms with Crippen LogP contribution in [0.3, 0.4) is 0 Å². The summed E-state index contributed by atoms with van der Waals surface area (Å²) in [7, 11) is 0. The Morgan fingerprint density at radius 1 is 0.810 bits per heavy atom. The molecule has 1 heteroatoms. The molecular weight excluding hydrogens is 254 g/mol. The minimum absolute atomic E-state index is 0.987. The fourth-order valence-electron chi connectivity index (χ4n) is 3.12. The summed E-state index contributed by atoms with van der Waals surface area (Å²) in [5.74, 6) is 0. The van der Waals surface area contributed by atoms with Crippen molar-refractivity contribution in [3.05, 3.63) is 77.5 Å². The maximum absolute atomic E-state index is 2.36. The lowest BCUT2D eigenvalue weighted by atomic mass is 9.98. The summed E-state index contributed by atoms with van der Waals surface area (Å²) in [4.78, 5) is 0. The summed E-state index contributed by atoms with van der Waals surface area (Å²) in [6, 6.07) is 19.8. The second-order valence-corrected chi connectivity index (χ2v) is 5.89. The van der Waals surface area contributed by atoms with Gasteiger partial charge in [0.1, 0.15) is 0 Å². The number of aromatic nitrogens is 1. The van der Waals surface area contributed by atoms with E-state index in [4.69, 9.17) is 0 Å². The van der Waals surface area contributed by atoms with Crippen molar-refractivity contribution in [1.29, 1.82) is 0 Å². The zero-order chi connectivity index (χ0) is 14.4. The van der Waals surface area contributed by atoms with Gasteiger partial charge in [-0.1, -0.05) is 42.5 Å². The molecule has 2 aromatic carbocycles. The van der Waals surface area contributed by atoms with Crippen LogP contribution in [0.5, 0.6) is 0 Å². The Kier molecular flexibility index (Phi) is 2.68. The summed E-state index contributed by atoms with van der Waals surface area (Å²) in [5.41, 5.74) is 9.42. The van der Waals surface area contributed by atoms with E-state index in [0.29, 0.717) is 0 Å². The van der Waals surface area contributed by atoms with E-state index in [1.807, 2.05) is 0 Å². The fraction of sp³-hybridized carbons (Fsp3) is 0.150. The number of pyridine rings is 1. The van der Waals surface area contributed by atoms with Crippen LogP contribution in [0.1, 0.15) is 16.7 Å². The van der Waals surface area contributed by atoms with Gasteiger partial charge in [0.05, 0.1) is 5.56 Å². The van der Waals surface area contributed by atoms with Crippen molar-refractivity contribution in [2.75, 3.05) is 0 Å². The molecule has 0 radical (unpaired) electrons. The van der Waals surface area contributed by atoms with E-state index in [-0.39, 0.29) is 0 Å². The van der Waals surface area contributed by atoms with Crippen molar-refractivity contribution < 1.29 is 4.57 Å². The van der Waals surface area contributed by atoms with E-state index in [1.165, 1.54) is 39.1 Å². The Morgan fingerprint density at radius 3 is 2.43 bits per heavy atom. The molecule has 0 N–H and O–H groups in total. The van der Waals surface area contributed by atoms with E-state index >= 15 is 0 Å². The number of nitrogens with zero attached hydrogens (tertiary/aromatic N) is 1. The first-order valence-electron chi connectivity index (χ1n) is 7.42. The third-order valence-electron chi connectivity index (χ3n) is 4.47. The molecule has 0 saturated heterocycles. The first-order valence-corrected chi connectivity index (χ1v) is 7.42. The van der Waals surface area contributed by atoms with Gasteiger partial charge < -0.3 is 0 Å². The second-order valence-electron chi connectivity index (χ2n) is 5.89. The van der Waals surface area contributed by atoms with Gasteiger partial charge in [-0.25, -0.2) is 0 Å². The molecule has 0 bridgehead atoms. The molecule has 102 valence electrons. The lowest BCUT2D eigenvalue weighted by Crippen LogP contribution is -2.32. The Hall–Kier alpha value is -2.41. The standard InChI is InChI=1S/C20H18N/c1-14-10-20-19-11-17(16-6-4-3-5-7-16)8-9-18(19)13-21(20)12-15(14)2/h3-12H,13H2,1-2H3/q+1. The van der Waals surface area contributed by atoms with Gasteiger partial charge >= 0.3 is 0 Å². The average molecular weight is 272 g/mol. The second kappa shape index (κ2) is 4.56. The summed E-state index contributed by atoms with van der Waals surface area (Å²) in [6.07, 6.45) is 2.27. The zero-order valence-corrected chi connectivity index (χ0v) is 12.4. The average Bonchev–Trinajstić information content (AvgIpc) is 2.85. The molecule has 21 heavy (non-hydrogen) atoms. The molecule has 0 saturated carbocycles. The number of aryl methyl sites for hydroxylation is 2. The highest BCUT2D eigenvalue weighted by atomic mass is 15.0. The van der Waals surface area contributed by atoms with Crippen molar-refractivity contribution >= 4 is 0 Å². The molecule has 0 aliphatic carbocycles. The van der Waals surface area contributed by atoms with E-state index in [2.05, 4.69) is 79.2 Å². The summed E-state index contributed by atoms with van der Waals surface area (Å²) in [6.45, 7) is 5.36. The molecule has 0 amide bonds. The van der Waals surface area contributed by atoms with Gasteiger partial charge in [-0.3, -0.25) is 0 Å². The topological polar surface area (TPSA) is 3.88 Å². The molecular formula is C20H18N+. The smallest absolute Gasteiger partial charge is 0.194 e. The summed E-state index contributed by atoms with van der Waals surface area (Å²) >= 11 is 0. The Bertz CT molecular complexity index is 832. The van der Waals surface area contributed by atoms with E-state index in [9.17, 15) is 0 Å². The van der Waals surface area contributed by atoms with E-state index < -0.39 is 0 Å². The van der Waals surface area contributed by atoms with Crippen molar-refractivity contribution in [1.82, 2.24) is 0 Å².